The number of aromatic nitrogens is 1. The summed E-state index contributed by atoms with van der Waals surface area (Å²) >= 11 is 0. The summed E-state index contributed by atoms with van der Waals surface area (Å²) in [5.41, 5.74) is 3.28. The molecule has 4 rings (SSSR count). The molecule has 0 radical (unpaired) electrons. The Morgan fingerprint density at radius 1 is 1.36 bits per heavy atom. The Hall–Kier alpha value is -3.16. The first kappa shape index (κ1) is 18.2. The van der Waals surface area contributed by atoms with Gasteiger partial charge in [0.1, 0.15) is 11.9 Å². The van der Waals surface area contributed by atoms with E-state index in [1.54, 1.807) is 18.3 Å². The molecule has 1 aromatic carbocycles. The van der Waals surface area contributed by atoms with E-state index >= 15 is 0 Å². The highest BCUT2D eigenvalue weighted by molar-refractivity contribution is 5.90. The van der Waals surface area contributed by atoms with Crippen molar-refractivity contribution < 1.29 is 18.7 Å². The fourth-order valence-corrected chi connectivity index (χ4v) is 3.60. The second-order valence-corrected chi connectivity index (χ2v) is 7.01. The molecule has 0 spiro atoms. The van der Waals surface area contributed by atoms with Crippen molar-refractivity contribution in [2.75, 3.05) is 29.4 Å². The lowest BCUT2D eigenvalue weighted by Gasteiger charge is -2.31. The zero-order valence-electron chi connectivity index (χ0n) is 15.5. The molecule has 1 fully saturated rings. The zero-order valence-corrected chi connectivity index (χ0v) is 15.5. The Balaban J connectivity index is 1.48. The zero-order chi connectivity index (χ0) is 19.7. The van der Waals surface area contributed by atoms with Crippen molar-refractivity contribution in [1.29, 1.82) is 0 Å². The van der Waals surface area contributed by atoms with Crippen LogP contribution < -0.4 is 15.1 Å². The number of amides is 2. The number of fused-ring (bicyclic) bond motifs is 1. The van der Waals surface area contributed by atoms with Crippen molar-refractivity contribution >= 4 is 23.4 Å². The minimum Gasteiger partial charge on any atom is -0.442 e. The summed E-state index contributed by atoms with van der Waals surface area (Å²) in [6, 6.07) is 6.78. The van der Waals surface area contributed by atoms with Gasteiger partial charge in [-0.2, -0.15) is 0 Å². The van der Waals surface area contributed by atoms with Gasteiger partial charge in [0.25, 0.3) is 0 Å². The summed E-state index contributed by atoms with van der Waals surface area (Å²) in [4.78, 5) is 30.6. The molecule has 0 unspecified atom stereocenters. The molecule has 0 saturated carbocycles. The molecule has 2 aromatic rings. The predicted octanol–water partition coefficient (Wildman–Crippen LogP) is 2.24. The first-order valence-corrected chi connectivity index (χ1v) is 9.20. The van der Waals surface area contributed by atoms with Crippen molar-refractivity contribution in [3.63, 3.8) is 0 Å². The minimum atomic E-state index is -0.541. The van der Waals surface area contributed by atoms with E-state index in [1.165, 1.54) is 23.5 Å². The van der Waals surface area contributed by atoms with E-state index in [2.05, 4.69) is 10.3 Å². The second kappa shape index (κ2) is 7.46. The number of cyclic esters (lactones) is 1. The van der Waals surface area contributed by atoms with Crippen LogP contribution in [-0.2, 0) is 22.5 Å². The van der Waals surface area contributed by atoms with Gasteiger partial charge >= 0.3 is 6.09 Å². The number of carbonyl (C=O) groups is 2. The molecule has 1 atom stereocenters. The van der Waals surface area contributed by atoms with E-state index in [9.17, 15) is 14.0 Å². The van der Waals surface area contributed by atoms with Crippen molar-refractivity contribution in [1.82, 2.24) is 10.3 Å². The average molecular weight is 384 g/mol. The van der Waals surface area contributed by atoms with Gasteiger partial charge in [0.2, 0.25) is 5.91 Å². The molecule has 7 nitrogen and oxygen atoms in total. The topological polar surface area (TPSA) is 74.8 Å². The Labute approximate surface area is 162 Å². The highest BCUT2D eigenvalue weighted by Crippen LogP contribution is 2.30. The van der Waals surface area contributed by atoms with Gasteiger partial charge in [-0.1, -0.05) is 0 Å². The van der Waals surface area contributed by atoms with Crippen molar-refractivity contribution in [2.45, 2.75) is 26.0 Å². The van der Waals surface area contributed by atoms with Gasteiger partial charge < -0.3 is 15.0 Å². The fourth-order valence-electron chi connectivity index (χ4n) is 3.60. The van der Waals surface area contributed by atoms with Crippen LogP contribution in [-0.4, -0.2) is 42.7 Å². The van der Waals surface area contributed by atoms with Gasteiger partial charge in [-0.05, 0) is 41.8 Å². The van der Waals surface area contributed by atoms with Gasteiger partial charge in [-0.25, -0.2) is 9.18 Å². The second-order valence-electron chi connectivity index (χ2n) is 7.01. The lowest BCUT2D eigenvalue weighted by Crippen LogP contribution is -2.33. The molecule has 146 valence electrons. The molecule has 28 heavy (non-hydrogen) atoms. The van der Waals surface area contributed by atoms with Crippen LogP contribution in [0.3, 0.4) is 0 Å². The number of anilines is 2. The smallest absolute Gasteiger partial charge is 0.414 e. The Morgan fingerprint density at radius 2 is 2.21 bits per heavy atom. The maximum absolute atomic E-state index is 14.8. The number of benzene rings is 1. The number of ether oxygens (including phenoxy) is 1. The van der Waals surface area contributed by atoms with Gasteiger partial charge in [-0.3, -0.25) is 14.7 Å². The molecule has 0 aliphatic carbocycles. The van der Waals surface area contributed by atoms with Gasteiger partial charge in [-0.15, -0.1) is 0 Å². The number of rotatable bonds is 4. The lowest BCUT2D eigenvalue weighted by atomic mass is 10.0. The number of halogens is 1. The van der Waals surface area contributed by atoms with Crippen LogP contribution in [0.5, 0.6) is 0 Å². The molecule has 1 N–H and O–H groups in total. The largest absolute Gasteiger partial charge is 0.442 e. The third-order valence-electron chi connectivity index (χ3n) is 5.05. The molecule has 3 heterocycles. The summed E-state index contributed by atoms with van der Waals surface area (Å²) in [6.07, 6.45) is 3.44. The fraction of sp³-hybridized carbons (Fsp3) is 0.350. The molecule has 1 saturated heterocycles. The van der Waals surface area contributed by atoms with Crippen LogP contribution in [0.4, 0.5) is 20.6 Å². The lowest BCUT2D eigenvalue weighted by molar-refractivity contribution is -0.119. The first-order chi connectivity index (χ1) is 13.5. The van der Waals surface area contributed by atoms with E-state index < -0.39 is 12.2 Å². The summed E-state index contributed by atoms with van der Waals surface area (Å²) in [7, 11) is 0. The monoisotopic (exact) mass is 384 g/mol. The van der Waals surface area contributed by atoms with Crippen LogP contribution in [0.1, 0.15) is 18.1 Å². The number of hydrogen-bond acceptors (Lipinski definition) is 5. The van der Waals surface area contributed by atoms with Crippen LogP contribution in [0.2, 0.25) is 0 Å². The Morgan fingerprint density at radius 3 is 3.00 bits per heavy atom. The van der Waals surface area contributed by atoms with E-state index in [4.69, 9.17) is 4.74 Å². The summed E-state index contributed by atoms with van der Waals surface area (Å²) in [6.45, 7) is 3.22. The molecular formula is C20H21FN4O3. The summed E-state index contributed by atoms with van der Waals surface area (Å²) < 4.78 is 20.1. The van der Waals surface area contributed by atoms with E-state index in [0.29, 0.717) is 17.9 Å². The number of hydrogen-bond donors (Lipinski definition) is 1. The highest BCUT2D eigenvalue weighted by Gasteiger charge is 2.33. The van der Waals surface area contributed by atoms with Crippen LogP contribution >= 0.6 is 0 Å². The third kappa shape index (κ3) is 3.62. The summed E-state index contributed by atoms with van der Waals surface area (Å²) in [5.74, 6) is -0.578. The van der Waals surface area contributed by atoms with Gasteiger partial charge in [0, 0.05) is 32.4 Å². The van der Waals surface area contributed by atoms with Crippen molar-refractivity contribution in [3.8, 4) is 0 Å². The molecule has 1 aromatic heterocycles. The van der Waals surface area contributed by atoms with Crippen LogP contribution in [0.15, 0.2) is 36.7 Å². The number of nitrogens with zero attached hydrogens (tertiary/aromatic N) is 3. The number of carbonyl (C=O) groups excluding carboxylic acids is 2. The standard InChI is InChI=1S/C20H21FN4O3/c1-13(26)23-10-17-12-25(20(27)28-17)16-2-3-19(18(21)8-16)24-7-5-14-4-6-22-9-15(14)11-24/h2-4,6,8-9,17H,5,7,10-12H2,1H3,(H,23,26)/t17-/m0/s1. The third-order valence-corrected chi connectivity index (χ3v) is 5.05. The number of nitrogens with one attached hydrogen (secondary N) is 1. The normalized spacial score (nSPS) is 18.6. The molecule has 2 amide bonds. The Bertz CT molecular complexity index is 920. The quantitative estimate of drug-likeness (QED) is 0.875. The molecular weight excluding hydrogens is 363 g/mol. The predicted molar refractivity (Wildman–Crippen MR) is 102 cm³/mol. The average Bonchev–Trinajstić information content (AvgIpc) is 3.06. The Kier molecular flexibility index (Phi) is 4.85. The SMILES string of the molecule is CC(=O)NC[C@H]1CN(c2ccc(N3CCc4ccncc4C3)c(F)c2)C(=O)O1. The van der Waals surface area contributed by atoms with E-state index in [0.717, 1.165) is 18.5 Å². The maximum Gasteiger partial charge on any atom is 0.414 e. The molecule has 8 heteroatoms. The van der Waals surface area contributed by atoms with Gasteiger partial charge in [0.15, 0.2) is 0 Å². The maximum atomic E-state index is 14.8. The van der Waals surface area contributed by atoms with E-state index in [1.807, 2.05) is 17.2 Å². The van der Waals surface area contributed by atoms with Gasteiger partial charge in [0.05, 0.1) is 24.5 Å². The van der Waals surface area contributed by atoms with Crippen LogP contribution in [0.25, 0.3) is 0 Å². The van der Waals surface area contributed by atoms with Crippen LogP contribution in [0, 0.1) is 5.82 Å². The molecule has 2 aliphatic heterocycles. The molecule has 0 bridgehead atoms. The summed E-state index contributed by atoms with van der Waals surface area (Å²) in [5, 5.41) is 2.62. The van der Waals surface area contributed by atoms with E-state index in [-0.39, 0.29) is 24.8 Å². The molecule has 2 aliphatic rings. The van der Waals surface area contributed by atoms with Crippen molar-refractivity contribution in [2.24, 2.45) is 0 Å². The first-order valence-electron chi connectivity index (χ1n) is 9.20. The number of pyridine rings is 1. The van der Waals surface area contributed by atoms with Crippen molar-refractivity contribution in [3.05, 3.63) is 53.6 Å². The highest BCUT2D eigenvalue weighted by atomic mass is 19.1. The minimum absolute atomic E-state index is 0.191.